The summed E-state index contributed by atoms with van der Waals surface area (Å²) in [5.74, 6) is 0. The third-order valence-electron chi connectivity index (χ3n) is 1.49. The molecule has 0 aliphatic carbocycles. The Kier molecular flexibility index (Phi) is 3.50. The second kappa shape index (κ2) is 4.65. The van der Waals surface area contributed by atoms with Crippen molar-refractivity contribution in [1.29, 1.82) is 0 Å². The Labute approximate surface area is 77.3 Å². The molecule has 0 aliphatic rings. The Morgan fingerprint density at radius 1 is 1.46 bits per heavy atom. The van der Waals surface area contributed by atoms with Crippen molar-refractivity contribution in [2.75, 3.05) is 0 Å². The Morgan fingerprint density at radius 3 is 2.62 bits per heavy atom. The predicted octanol–water partition coefficient (Wildman–Crippen LogP) is 1.75. The van der Waals surface area contributed by atoms with E-state index in [2.05, 4.69) is 11.3 Å². The second-order valence-corrected chi connectivity index (χ2v) is 3.62. The van der Waals surface area contributed by atoms with Crippen LogP contribution in [0.3, 0.4) is 0 Å². The van der Waals surface area contributed by atoms with E-state index >= 15 is 0 Å². The maximum absolute atomic E-state index is 11.2. The summed E-state index contributed by atoms with van der Waals surface area (Å²) >= 11 is 0. The zero-order valence-corrected chi connectivity index (χ0v) is 7.78. The van der Waals surface area contributed by atoms with Gasteiger partial charge in [0.25, 0.3) is 6.41 Å². The summed E-state index contributed by atoms with van der Waals surface area (Å²) in [4.78, 5) is 21.2. The van der Waals surface area contributed by atoms with Crippen LogP contribution in [0.25, 0.3) is 5.31 Å². The van der Waals surface area contributed by atoms with Gasteiger partial charge >= 0.3 is 0 Å². The third kappa shape index (κ3) is 2.58. The number of carbonyl (C=O) groups excluding carboxylic acids is 1. The van der Waals surface area contributed by atoms with Gasteiger partial charge in [0.2, 0.25) is 7.94 Å². The van der Waals surface area contributed by atoms with Crippen LogP contribution in [0.15, 0.2) is 41.7 Å². The van der Waals surface area contributed by atoms with Gasteiger partial charge in [0.15, 0.2) is 5.31 Å². The maximum atomic E-state index is 11.2. The number of amides is 1. The smallest absolute Gasteiger partial charge is 0.275 e. The van der Waals surface area contributed by atoms with E-state index in [0.29, 0.717) is 5.31 Å². The molecule has 0 N–H and O–H groups in total. The van der Waals surface area contributed by atoms with Crippen molar-refractivity contribution in [2.45, 2.75) is 0 Å². The molecule has 66 valence electrons. The lowest BCUT2D eigenvalue weighted by Crippen LogP contribution is -1.89. The topological polar surface area (TPSA) is 52.5 Å². The predicted molar refractivity (Wildman–Crippen MR) is 50.9 cm³/mol. The van der Waals surface area contributed by atoms with Gasteiger partial charge in [0, 0.05) is 5.56 Å². The first-order valence-corrected chi connectivity index (χ1v) is 4.83. The van der Waals surface area contributed by atoms with Gasteiger partial charge in [-0.15, -0.1) is 0 Å². The van der Waals surface area contributed by atoms with Crippen molar-refractivity contribution in [1.82, 2.24) is 0 Å². The summed E-state index contributed by atoms with van der Waals surface area (Å²) < 4.78 is 3.23. The Hall–Kier alpha value is -1.31. The molecule has 0 fully saturated rings. The van der Waals surface area contributed by atoms with E-state index in [1.165, 1.54) is 0 Å². The lowest BCUT2D eigenvalue weighted by Gasteiger charge is -1.97. The molecule has 4 heteroatoms. The lowest BCUT2D eigenvalue weighted by atomic mass is 10.2. The van der Waals surface area contributed by atoms with E-state index in [9.17, 15) is 9.69 Å². The summed E-state index contributed by atoms with van der Waals surface area (Å²) in [5.41, 5.74) is 0.745. The summed E-state index contributed by atoms with van der Waals surface area (Å²) in [7, 11) is -2.01. The van der Waals surface area contributed by atoms with Gasteiger partial charge < -0.3 is 4.89 Å². The van der Waals surface area contributed by atoms with Crippen molar-refractivity contribution in [3.8, 4) is 0 Å². The number of benzene rings is 1. The molecule has 0 spiro atoms. The van der Waals surface area contributed by atoms with Crippen LogP contribution in [0.4, 0.5) is 0 Å². The highest BCUT2D eigenvalue weighted by molar-refractivity contribution is 7.52. The minimum Gasteiger partial charge on any atom is -0.607 e. The maximum Gasteiger partial charge on any atom is 0.275 e. The van der Waals surface area contributed by atoms with Gasteiger partial charge in [-0.25, -0.2) is 0 Å². The standard InChI is InChI=1S/C9H8NO2P/c1-8(13(12)10-7-11)9-5-3-2-4-6-9/h2-7H,1H2. The zero-order valence-electron chi connectivity index (χ0n) is 6.88. The monoisotopic (exact) mass is 193 g/mol. The molecular weight excluding hydrogens is 185 g/mol. The Bertz CT molecular complexity index is 346. The van der Waals surface area contributed by atoms with Crippen molar-refractivity contribution < 1.29 is 9.69 Å². The van der Waals surface area contributed by atoms with Crippen molar-refractivity contribution >= 4 is 19.7 Å². The van der Waals surface area contributed by atoms with Crippen molar-refractivity contribution in [3.05, 3.63) is 42.5 Å². The fourth-order valence-corrected chi connectivity index (χ4v) is 1.45. The lowest BCUT2D eigenvalue weighted by molar-refractivity contribution is -0.152. The minimum atomic E-state index is -2.01. The first kappa shape index (κ1) is 9.78. The highest BCUT2D eigenvalue weighted by atomic mass is 31.1. The van der Waals surface area contributed by atoms with Gasteiger partial charge in [-0.3, -0.25) is 4.79 Å². The van der Waals surface area contributed by atoms with E-state index in [-0.39, 0.29) is 6.41 Å². The van der Waals surface area contributed by atoms with Gasteiger partial charge in [0.05, 0.1) is 0 Å². The van der Waals surface area contributed by atoms with Crippen LogP contribution >= 0.6 is 7.94 Å². The summed E-state index contributed by atoms with van der Waals surface area (Å²) in [6, 6.07) is 9.02. The number of rotatable bonds is 3. The van der Waals surface area contributed by atoms with E-state index < -0.39 is 7.94 Å². The normalized spacial score (nSPS) is 11.0. The molecule has 0 bridgehead atoms. The fourth-order valence-electron chi connectivity index (χ4n) is 0.853. The van der Waals surface area contributed by atoms with Crippen LogP contribution < -0.4 is 4.89 Å². The molecule has 1 unspecified atom stereocenters. The average molecular weight is 193 g/mol. The van der Waals surface area contributed by atoms with Crippen LogP contribution in [0.2, 0.25) is 0 Å². The molecule has 0 heterocycles. The largest absolute Gasteiger partial charge is 0.607 e. The van der Waals surface area contributed by atoms with Crippen LogP contribution in [-0.2, 0) is 4.79 Å². The zero-order chi connectivity index (χ0) is 9.68. The quantitative estimate of drug-likeness (QED) is 0.542. The SMILES string of the molecule is C=C(c1ccccc1)[P+]([O-])=NC=O. The first-order valence-electron chi connectivity index (χ1n) is 3.61. The molecular formula is C9H8NO2P. The van der Waals surface area contributed by atoms with Gasteiger partial charge in [-0.05, 0) is 11.3 Å². The Morgan fingerprint density at radius 2 is 2.08 bits per heavy atom. The molecule has 0 aromatic heterocycles. The molecule has 1 aromatic rings. The van der Waals surface area contributed by atoms with E-state index in [4.69, 9.17) is 0 Å². The third-order valence-corrected chi connectivity index (χ3v) is 2.51. The van der Waals surface area contributed by atoms with Crippen LogP contribution in [0, 0.1) is 0 Å². The van der Waals surface area contributed by atoms with Crippen LogP contribution in [0.1, 0.15) is 5.56 Å². The molecule has 1 atom stereocenters. The van der Waals surface area contributed by atoms with E-state index in [1.807, 2.05) is 18.2 Å². The highest BCUT2D eigenvalue weighted by Gasteiger charge is 2.08. The van der Waals surface area contributed by atoms with Gasteiger partial charge in [-0.2, -0.15) is 0 Å². The van der Waals surface area contributed by atoms with Crippen LogP contribution in [-0.4, -0.2) is 6.41 Å². The molecule has 1 aromatic carbocycles. The van der Waals surface area contributed by atoms with E-state index in [0.717, 1.165) is 5.56 Å². The van der Waals surface area contributed by atoms with Crippen LogP contribution in [0.5, 0.6) is 0 Å². The molecule has 0 saturated carbocycles. The molecule has 0 radical (unpaired) electrons. The van der Waals surface area contributed by atoms with E-state index in [1.54, 1.807) is 12.1 Å². The number of carbonyl (C=O) groups is 1. The minimum absolute atomic E-state index is 0.285. The summed E-state index contributed by atoms with van der Waals surface area (Å²) in [5, 5.41) is 0.378. The second-order valence-electron chi connectivity index (χ2n) is 2.31. The molecule has 3 nitrogen and oxygen atoms in total. The van der Waals surface area contributed by atoms with Gasteiger partial charge in [0.1, 0.15) is 0 Å². The number of hydrogen-bond donors (Lipinski definition) is 0. The summed E-state index contributed by atoms with van der Waals surface area (Å²) in [6.45, 7) is 3.61. The summed E-state index contributed by atoms with van der Waals surface area (Å²) in [6.07, 6.45) is 0.285. The molecule has 0 saturated heterocycles. The first-order chi connectivity index (χ1) is 6.25. The molecule has 0 aliphatic heterocycles. The fraction of sp³-hybridized carbons (Fsp3) is 0. The average Bonchev–Trinajstić information content (AvgIpc) is 2.18. The van der Waals surface area contributed by atoms with Crippen molar-refractivity contribution in [2.24, 2.45) is 4.74 Å². The molecule has 1 rings (SSSR count). The van der Waals surface area contributed by atoms with Gasteiger partial charge in [-0.1, -0.05) is 30.3 Å². The van der Waals surface area contributed by atoms with Crippen molar-refractivity contribution in [3.63, 3.8) is 0 Å². The highest BCUT2D eigenvalue weighted by Crippen LogP contribution is 2.33. The Balaban J connectivity index is 2.92. The number of hydrogen-bond acceptors (Lipinski definition) is 2. The number of nitrogens with zero attached hydrogens (tertiary/aromatic N) is 1. The molecule has 13 heavy (non-hydrogen) atoms. The molecule has 1 amide bonds.